The molecule has 1 atom stereocenters. The molecule has 0 aromatic carbocycles. The van der Waals surface area contributed by atoms with Gasteiger partial charge in [0, 0.05) is 37.2 Å². The third-order valence-corrected chi connectivity index (χ3v) is 5.70. The molecular weight excluding hydrogens is 228 g/mol. The summed E-state index contributed by atoms with van der Waals surface area (Å²) in [5, 5.41) is 3.45. The van der Waals surface area contributed by atoms with Gasteiger partial charge in [-0.25, -0.2) is 0 Å². The van der Waals surface area contributed by atoms with Crippen LogP contribution in [0.1, 0.15) is 39.0 Å². The van der Waals surface area contributed by atoms with Crippen molar-refractivity contribution >= 4 is 11.8 Å². The third-order valence-electron chi connectivity index (χ3n) is 4.51. The van der Waals surface area contributed by atoms with Gasteiger partial charge in [-0.2, -0.15) is 11.8 Å². The molecule has 2 aliphatic rings. The van der Waals surface area contributed by atoms with Crippen molar-refractivity contribution in [2.45, 2.75) is 45.1 Å². The summed E-state index contributed by atoms with van der Waals surface area (Å²) in [5.41, 5.74) is 0.573. The Kier molecular flexibility index (Phi) is 5.19. The van der Waals surface area contributed by atoms with Gasteiger partial charge in [0.05, 0.1) is 0 Å². The number of thioether (sulfide) groups is 1. The van der Waals surface area contributed by atoms with E-state index in [-0.39, 0.29) is 0 Å². The molecule has 2 fully saturated rings. The first-order chi connectivity index (χ1) is 8.26. The molecule has 1 saturated carbocycles. The zero-order valence-corrected chi connectivity index (χ0v) is 12.3. The molecule has 0 aromatic rings. The van der Waals surface area contributed by atoms with Crippen LogP contribution in [0.3, 0.4) is 0 Å². The molecule has 1 unspecified atom stereocenters. The molecule has 1 N–H and O–H groups in total. The molecule has 1 aliphatic heterocycles. The van der Waals surface area contributed by atoms with Gasteiger partial charge in [-0.3, -0.25) is 4.90 Å². The Morgan fingerprint density at radius 3 is 2.71 bits per heavy atom. The summed E-state index contributed by atoms with van der Waals surface area (Å²) in [4.78, 5) is 2.75. The second-order valence-electron chi connectivity index (χ2n) is 5.99. The van der Waals surface area contributed by atoms with Crippen molar-refractivity contribution in [3.05, 3.63) is 0 Å². The molecule has 2 rings (SSSR count). The summed E-state index contributed by atoms with van der Waals surface area (Å²) in [6, 6.07) is 0.782. The van der Waals surface area contributed by atoms with Gasteiger partial charge in [0.2, 0.25) is 0 Å². The van der Waals surface area contributed by atoms with E-state index in [4.69, 9.17) is 0 Å². The number of nitrogens with zero attached hydrogens (tertiary/aromatic N) is 1. The van der Waals surface area contributed by atoms with Gasteiger partial charge in [0.15, 0.2) is 0 Å². The first-order valence-corrected chi connectivity index (χ1v) is 8.38. The van der Waals surface area contributed by atoms with E-state index in [1.54, 1.807) is 0 Å². The zero-order chi connectivity index (χ0) is 12.1. The number of nitrogens with one attached hydrogen (secondary N) is 1. The summed E-state index contributed by atoms with van der Waals surface area (Å²) < 4.78 is 0. The normalized spacial score (nSPS) is 30.4. The Hall–Kier alpha value is 0.270. The zero-order valence-electron chi connectivity index (χ0n) is 11.5. The van der Waals surface area contributed by atoms with Crippen molar-refractivity contribution in [2.24, 2.45) is 5.41 Å². The van der Waals surface area contributed by atoms with E-state index in [0.29, 0.717) is 5.41 Å². The third kappa shape index (κ3) is 3.62. The predicted molar refractivity (Wildman–Crippen MR) is 77.8 cm³/mol. The van der Waals surface area contributed by atoms with Crippen molar-refractivity contribution in [3.63, 3.8) is 0 Å². The first-order valence-electron chi connectivity index (χ1n) is 7.22. The molecule has 0 amide bonds. The van der Waals surface area contributed by atoms with Crippen LogP contribution in [0.5, 0.6) is 0 Å². The van der Waals surface area contributed by atoms with Crippen LogP contribution in [-0.2, 0) is 0 Å². The molecule has 100 valence electrons. The average molecular weight is 256 g/mol. The van der Waals surface area contributed by atoms with Crippen LogP contribution in [0.15, 0.2) is 0 Å². The van der Waals surface area contributed by atoms with E-state index >= 15 is 0 Å². The van der Waals surface area contributed by atoms with Gasteiger partial charge in [-0.05, 0) is 32.2 Å². The highest BCUT2D eigenvalue weighted by Gasteiger charge is 2.35. The van der Waals surface area contributed by atoms with E-state index in [9.17, 15) is 0 Å². The van der Waals surface area contributed by atoms with Crippen molar-refractivity contribution in [2.75, 3.05) is 38.2 Å². The lowest BCUT2D eigenvalue weighted by atomic mass is 9.73. The highest BCUT2D eigenvalue weighted by Crippen LogP contribution is 2.37. The van der Waals surface area contributed by atoms with Crippen LogP contribution in [0.4, 0.5) is 0 Å². The number of hydrogen-bond donors (Lipinski definition) is 1. The molecule has 0 radical (unpaired) electrons. The van der Waals surface area contributed by atoms with Crippen LogP contribution in [0, 0.1) is 5.41 Å². The molecule has 0 bridgehead atoms. The van der Waals surface area contributed by atoms with Crippen molar-refractivity contribution in [1.29, 1.82) is 0 Å². The average Bonchev–Trinajstić information content (AvgIpc) is 2.34. The Labute approximate surface area is 111 Å². The van der Waals surface area contributed by atoms with Crippen LogP contribution in [-0.4, -0.2) is 49.1 Å². The molecule has 1 heterocycles. The van der Waals surface area contributed by atoms with Gasteiger partial charge in [-0.15, -0.1) is 0 Å². The van der Waals surface area contributed by atoms with Crippen LogP contribution in [0.25, 0.3) is 0 Å². The van der Waals surface area contributed by atoms with E-state index in [2.05, 4.69) is 35.9 Å². The van der Waals surface area contributed by atoms with E-state index in [1.807, 2.05) is 0 Å². The maximum absolute atomic E-state index is 3.45. The number of rotatable bonds is 4. The maximum atomic E-state index is 3.45. The van der Waals surface area contributed by atoms with Crippen LogP contribution in [0.2, 0.25) is 0 Å². The maximum Gasteiger partial charge on any atom is 0.0158 e. The fourth-order valence-electron chi connectivity index (χ4n) is 3.49. The minimum atomic E-state index is 0.573. The molecule has 1 aliphatic carbocycles. The summed E-state index contributed by atoms with van der Waals surface area (Å²) in [5.74, 6) is 2.66. The second-order valence-corrected chi connectivity index (χ2v) is 7.14. The highest BCUT2D eigenvalue weighted by molar-refractivity contribution is 7.99. The smallest absolute Gasteiger partial charge is 0.0158 e. The lowest BCUT2D eigenvalue weighted by molar-refractivity contribution is 0.0887. The number of hydrogen-bond acceptors (Lipinski definition) is 3. The van der Waals surface area contributed by atoms with Gasteiger partial charge < -0.3 is 5.32 Å². The lowest BCUT2D eigenvalue weighted by Crippen LogP contribution is -2.50. The minimum Gasteiger partial charge on any atom is -0.319 e. The fraction of sp³-hybridized carbons (Fsp3) is 1.00. The Bertz CT molecular complexity index is 221. The van der Waals surface area contributed by atoms with E-state index < -0.39 is 0 Å². The van der Waals surface area contributed by atoms with Gasteiger partial charge >= 0.3 is 0 Å². The van der Waals surface area contributed by atoms with Crippen molar-refractivity contribution in [3.8, 4) is 0 Å². The lowest BCUT2D eigenvalue weighted by Gasteiger charge is -2.44. The molecule has 2 nitrogen and oxygen atoms in total. The molecule has 0 spiro atoms. The second kappa shape index (κ2) is 6.44. The molecule has 17 heavy (non-hydrogen) atoms. The Morgan fingerprint density at radius 2 is 2.06 bits per heavy atom. The molecule has 3 heteroatoms. The standard InChI is InChI=1S/C14H28N2S/c1-13-10-17-9-8-16(13)12-14(11-15-2)6-4-3-5-7-14/h13,15H,3-12H2,1-2H3. The molecule has 0 aromatic heterocycles. The van der Waals surface area contributed by atoms with Crippen molar-refractivity contribution in [1.82, 2.24) is 10.2 Å². The van der Waals surface area contributed by atoms with E-state index in [1.165, 1.54) is 63.2 Å². The fourth-order valence-corrected chi connectivity index (χ4v) is 4.58. The highest BCUT2D eigenvalue weighted by atomic mass is 32.2. The van der Waals surface area contributed by atoms with Crippen LogP contribution < -0.4 is 5.32 Å². The quantitative estimate of drug-likeness (QED) is 0.832. The topological polar surface area (TPSA) is 15.3 Å². The largest absolute Gasteiger partial charge is 0.319 e. The van der Waals surface area contributed by atoms with Gasteiger partial charge in [0.1, 0.15) is 0 Å². The predicted octanol–water partition coefficient (Wildman–Crippen LogP) is 2.59. The summed E-state index contributed by atoms with van der Waals surface area (Å²) in [6.07, 6.45) is 7.21. The molecular formula is C14H28N2S. The Morgan fingerprint density at radius 1 is 1.29 bits per heavy atom. The monoisotopic (exact) mass is 256 g/mol. The summed E-state index contributed by atoms with van der Waals surface area (Å²) in [7, 11) is 2.12. The minimum absolute atomic E-state index is 0.573. The first kappa shape index (κ1) is 13.7. The molecule has 1 saturated heterocycles. The van der Waals surface area contributed by atoms with Gasteiger partial charge in [0.25, 0.3) is 0 Å². The van der Waals surface area contributed by atoms with Crippen molar-refractivity contribution < 1.29 is 0 Å². The Balaban J connectivity index is 1.95. The SMILES string of the molecule is CNCC1(CN2CCSCC2C)CCCCC1. The van der Waals surface area contributed by atoms with E-state index in [0.717, 1.165) is 6.04 Å². The summed E-state index contributed by atoms with van der Waals surface area (Å²) in [6.45, 7) is 6.25. The van der Waals surface area contributed by atoms with Crippen LogP contribution >= 0.6 is 11.8 Å². The summed E-state index contributed by atoms with van der Waals surface area (Å²) >= 11 is 2.12. The van der Waals surface area contributed by atoms with Gasteiger partial charge in [-0.1, -0.05) is 19.3 Å².